The van der Waals surface area contributed by atoms with Gasteiger partial charge in [-0.3, -0.25) is 5.32 Å². The van der Waals surface area contributed by atoms with Gasteiger partial charge in [0.05, 0.1) is 6.61 Å². The lowest BCUT2D eigenvalue weighted by Crippen LogP contribution is -2.48. The first-order valence-corrected chi connectivity index (χ1v) is 3.09. The minimum atomic E-state index is -1.13. The fraction of sp³-hybridized carbons (Fsp3) is 1.00. The second-order valence-corrected chi connectivity index (χ2v) is 2.73. The molecule has 9 heavy (non-hydrogen) atoms. The van der Waals surface area contributed by atoms with Gasteiger partial charge in [-0.15, -0.1) is 0 Å². The molecule has 0 saturated carbocycles. The molecule has 0 rings (SSSR count). The number of aliphatic hydroxyl groups excluding tert-OH is 1. The van der Waals surface area contributed by atoms with Crippen LogP contribution in [0.3, 0.4) is 0 Å². The molecular formula is C6H15NO2. The highest BCUT2D eigenvalue weighted by Crippen LogP contribution is 1.96. The van der Waals surface area contributed by atoms with E-state index >= 15 is 0 Å². The zero-order chi connectivity index (χ0) is 7.49. The maximum Gasteiger partial charge on any atom is 0.136 e. The van der Waals surface area contributed by atoms with Crippen molar-refractivity contribution in [1.29, 1.82) is 0 Å². The van der Waals surface area contributed by atoms with Gasteiger partial charge in [-0.25, -0.2) is 0 Å². The molecule has 0 saturated heterocycles. The Morgan fingerprint density at radius 2 is 2.00 bits per heavy atom. The molecule has 0 heterocycles. The lowest BCUT2D eigenvalue weighted by Gasteiger charge is -2.24. The molecule has 0 amide bonds. The van der Waals surface area contributed by atoms with Gasteiger partial charge in [0.2, 0.25) is 0 Å². The lowest BCUT2D eigenvalue weighted by atomic mass is 10.2. The van der Waals surface area contributed by atoms with E-state index in [1.165, 1.54) is 6.92 Å². The highest BCUT2D eigenvalue weighted by Gasteiger charge is 2.18. The normalized spacial score (nSPS) is 18.0. The van der Waals surface area contributed by atoms with Crippen molar-refractivity contribution in [1.82, 2.24) is 5.32 Å². The van der Waals surface area contributed by atoms with Crippen LogP contribution in [0.15, 0.2) is 0 Å². The van der Waals surface area contributed by atoms with Crippen LogP contribution >= 0.6 is 0 Å². The van der Waals surface area contributed by atoms with E-state index in [2.05, 4.69) is 5.32 Å². The van der Waals surface area contributed by atoms with E-state index in [1.54, 1.807) is 0 Å². The number of aliphatic hydroxyl groups is 2. The van der Waals surface area contributed by atoms with Crippen LogP contribution in [0, 0.1) is 0 Å². The maximum atomic E-state index is 9.13. The van der Waals surface area contributed by atoms with E-state index < -0.39 is 5.72 Å². The van der Waals surface area contributed by atoms with Crippen LogP contribution in [-0.2, 0) is 0 Å². The molecule has 0 fully saturated rings. The fourth-order valence-corrected chi connectivity index (χ4v) is 0.668. The second kappa shape index (κ2) is 3.15. The molecule has 3 heteroatoms. The molecule has 0 aliphatic rings. The molecule has 0 spiro atoms. The van der Waals surface area contributed by atoms with E-state index in [1.807, 2.05) is 13.8 Å². The van der Waals surface area contributed by atoms with Crippen LogP contribution in [0.25, 0.3) is 0 Å². The average molecular weight is 133 g/mol. The standard InChI is InChI=1S/C6H15NO2/c1-5(2)7-6(3,9)4-8/h5,7-9H,4H2,1-3H3. The highest BCUT2D eigenvalue weighted by molar-refractivity contribution is 4.69. The summed E-state index contributed by atoms with van der Waals surface area (Å²) in [4.78, 5) is 0. The molecule has 56 valence electrons. The third kappa shape index (κ3) is 4.39. The van der Waals surface area contributed by atoms with Crippen LogP contribution in [0.1, 0.15) is 20.8 Å². The Morgan fingerprint density at radius 1 is 1.56 bits per heavy atom. The van der Waals surface area contributed by atoms with Crippen molar-refractivity contribution in [3.63, 3.8) is 0 Å². The minimum Gasteiger partial charge on any atom is -0.392 e. The molecule has 0 aromatic heterocycles. The smallest absolute Gasteiger partial charge is 0.136 e. The van der Waals surface area contributed by atoms with Crippen molar-refractivity contribution in [3.05, 3.63) is 0 Å². The van der Waals surface area contributed by atoms with Crippen LogP contribution in [0.5, 0.6) is 0 Å². The predicted molar refractivity (Wildman–Crippen MR) is 36.0 cm³/mol. The fourth-order valence-electron chi connectivity index (χ4n) is 0.668. The predicted octanol–water partition coefficient (Wildman–Crippen LogP) is -0.315. The zero-order valence-electron chi connectivity index (χ0n) is 6.18. The van der Waals surface area contributed by atoms with Gasteiger partial charge in [-0.1, -0.05) is 0 Å². The Kier molecular flexibility index (Phi) is 3.11. The van der Waals surface area contributed by atoms with Crippen LogP contribution in [-0.4, -0.2) is 28.6 Å². The first-order valence-electron chi connectivity index (χ1n) is 3.09. The Labute approximate surface area is 55.7 Å². The zero-order valence-corrected chi connectivity index (χ0v) is 6.18. The van der Waals surface area contributed by atoms with Gasteiger partial charge in [0, 0.05) is 6.04 Å². The third-order valence-electron chi connectivity index (χ3n) is 0.908. The summed E-state index contributed by atoms with van der Waals surface area (Å²) in [7, 11) is 0. The van der Waals surface area contributed by atoms with Gasteiger partial charge < -0.3 is 10.2 Å². The summed E-state index contributed by atoms with van der Waals surface area (Å²) in [5.74, 6) is 0. The average Bonchev–Trinajstić information content (AvgIpc) is 1.63. The first-order chi connectivity index (χ1) is 3.98. The molecule has 0 bridgehead atoms. The van der Waals surface area contributed by atoms with Crippen molar-refractivity contribution in [2.45, 2.75) is 32.5 Å². The minimum absolute atomic E-state index is 0.187. The van der Waals surface area contributed by atoms with Crippen molar-refractivity contribution in [2.24, 2.45) is 0 Å². The quantitative estimate of drug-likeness (QED) is 0.463. The van der Waals surface area contributed by atoms with Crippen molar-refractivity contribution >= 4 is 0 Å². The summed E-state index contributed by atoms with van der Waals surface area (Å²) in [6.45, 7) is 5.09. The highest BCUT2D eigenvalue weighted by atomic mass is 16.3. The van der Waals surface area contributed by atoms with Gasteiger partial charge in [0.25, 0.3) is 0 Å². The summed E-state index contributed by atoms with van der Waals surface area (Å²) in [5.41, 5.74) is -1.13. The van der Waals surface area contributed by atoms with Crippen LogP contribution in [0.4, 0.5) is 0 Å². The van der Waals surface area contributed by atoms with Gasteiger partial charge in [-0.05, 0) is 20.8 Å². The summed E-state index contributed by atoms with van der Waals surface area (Å²) in [6.07, 6.45) is 0. The van der Waals surface area contributed by atoms with Crippen LogP contribution < -0.4 is 5.32 Å². The lowest BCUT2D eigenvalue weighted by molar-refractivity contribution is -0.0329. The largest absolute Gasteiger partial charge is 0.392 e. The molecule has 1 atom stereocenters. The topological polar surface area (TPSA) is 52.5 Å². The van der Waals surface area contributed by atoms with E-state index in [9.17, 15) is 0 Å². The summed E-state index contributed by atoms with van der Waals surface area (Å²) in [5, 5.41) is 20.4. The SMILES string of the molecule is CC(C)NC(C)(O)CO. The van der Waals surface area contributed by atoms with E-state index in [-0.39, 0.29) is 12.6 Å². The molecule has 0 aliphatic carbocycles. The maximum absolute atomic E-state index is 9.13. The van der Waals surface area contributed by atoms with Crippen molar-refractivity contribution < 1.29 is 10.2 Å². The van der Waals surface area contributed by atoms with E-state index in [0.717, 1.165) is 0 Å². The summed E-state index contributed by atoms with van der Waals surface area (Å²) < 4.78 is 0. The molecule has 3 N–H and O–H groups in total. The van der Waals surface area contributed by atoms with Gasteiger partial charge in [-0.2, -0.15) is 0 Å². The molecule has 3 nitrogen and oxygen atoms in total. The van der Waals surface area contributed by atoms with E-state index in [0.29, 0.717) is 0 Å². The molecular weight excluding hydrogens is 118 g/mol. The van der Waals surface area contributed by atoms with Gasteiger partial charge in [0.15, 0.2) is 0 Å². The molecule has 0 radical (unpaired) electrons. The monoisotopic (exact) mass is 133 g/mol. The number of nitrogens with one attached hydrogen (secondary N) is 1. The third-order valence-corrected chi connectivity index (χ3v) is 0.908. The number of hydrogen-bond donors (Lipinski definition) is 3. The van der Waals surface area contributed by atoms with Gasteiger partial charge in [0.1, 0.15) is 5.72 Å². The van der Waals surface area contributed by atoms with E-state index in [4.69, 9.17) is 10.2 Å². The van der Waals surface area contributed by atoms with Crippen molar-refractivity contribution in [2.75, 3.05) is 6.61 Å². The number of rotatable bonds is 3. The Morgan fingerprint density at radius 3 is 2.11 bits per heavy atom. The second-order valence-electron chi connectivity index (χ2n) is 2.73. The Hall–Kier alpha value is -0.120. The van der Waals surface area contributed by atoms with Gasteiger partial charge >= 0.3 is 0 Å². The molecule has 1 unspecified atom stereocenters. The summed E-state index contributed by atoms with van der Waals surface area (Å²) in [6, 6.07) is 0.187. The van der Waals surface area contributed by atoms with Crippen molar-refractivity contribution in [3.8, 4) is 0 Å². The molecule has 0 aliphatic heterocycles. The number of hydrogen-bond acceptors (Lipinski definition) is 3. The molecule has 0 aromatic carbocycles. The van der Waals surface area contributed by atoms with Crippen LogP contribution in [0.2, 0.25) is 0 Å². The Bertz CT molecular complexity index is 81.1. The first kappa shape index (κ1) is 8.88. The molecule has 0 aromatic rings. The Balaban J connectivity index is 3.58. The summed E-state index contributed by atoms with van der Waals surface area (Å²) >= 11 is 0.